The van der Waals surface area contributed by atoms with Crippen molar-refractivity contribution in [2.24, 2.45) is 0 Å². The highest BCUT2D eigenvalue weighted by atomic mass is 16.5. The zero-order valence-corrected chi connectivity index (χ0v) is 13.7. The number of hydrogen-bond donors (Lipinski definition) is 2. The van der Waals surface area contributed by atoms with Crippen molar-refractivity contribution in [3.8, 4) is 11.8 Å². The number of nitrogens with one attached hydrogen (secondary N) is 1. The third-order valence-electron chi connectivity index (χ3n) is 3.55. The predicted octanol–water partition coefficient (Wildman–Crippen LogP) is 2.58. The first-order valence-corrected chi connectivity index (χ1v) is 7.68. The molecule has 0 aromatic heterocycles. The standard InChI is InChI=1S/C19H18N2O4/c1-13-2-6-15(7-3-13)17(10-19(23)24)21-18(22)12-25-16-8-4-14(11-20)5-9-16/h2-9,17H,10,12H2,1H3,(H,21,22)(H,23,24)/t17-/m1/s1. The molecule has 6 heteroatoms. The monoisotopic (exact) mass is 338 g/mol. The summed E-state index contributed by atoms with van der Waals surface area (Å²) in [6.07, 6.45) is -0.217. The van der Waals surface area contributed by atoms with Gasteiger partial charge in [0.2, 0.25) is 0 Å². The fourth-order valence-corrected chi connectivity index (χ4v) is 2.24. The number of hydrogen-bond acceptors (Lipinski definition) is 4. The Kier molecular flexibility index (Phi) is 6.13. The van der Waals surface area contributed by atoms with Crippen molar-refractivity contribution in [1.82, 2.24) is 5.32 Å². The molecule has 0 saturated heterocycles. The third-order valence-corrected chi connectivity index (χ3v) is 3.55. The van der Waals surface area contributed by atoms with Crippen LogP contribution in [0.2, 0.25) is 0 Å². The average Bonchev–Trinajstić information content (AvgIpc) is 2.60. The lowest BCUT2D eigenvalue weighted by Gasteiger charge is -2.18. The predicted molar refractivity (Wildman–Crippen MR) is 91.0 cm³/mol. The van der Waals surface area contributed by atoms with Crippen LogP contribution in [0.4, 0.5) is 0 Å². The highest BCUT2D eigenvalue weighted by Crippen LogP contribution is 2.18. The van der Waals surface area contributed by atoms with Gasteiger partial charge in [-0.25, -0.2) is 0 Å². The maximum absolute atomic E-state index is 12.1. The molecule has 0 aliphatic rings. The van der Waals surface area contributed by atoms with E-state index in [2.05, 4.69) is 5.32 Å². The lowest BCUT2D eigenvalue weighted by atomic mass is 10.0. The van der Waals surface area contributed by atoms with E-state index >= 15 is 0 Å². The Balaban J connectivity index is 1.97. The van der Waals surface area contributed by atoms with Crippen LogP contribution in [0.5, 0.6) is 5.75 Å². The molecule has 25 heavy (non-hydrogen) atoms. The van der Waals surface area contributed by atoms with Gasteiger partial charge in [0.05, 0.1) is 24.1 Å². The quantitative estimate of drug-likeness (QED) is 0.808. The van der Waals surface area contributed by atoms with E-state index < -0.39 is 17.9 Å². The molecule has 0 saturated carbocycles. The largest absolute Gasteiger partial charge is 0.484 e. The number of carbonyl (C=O) groups excluding carboxylic acids is 1. The van der Waals surface area contributed by atoms with Gasteiger partial charge in [-0.15, -0.1) is 0 Å². The van der Waals surface area contributed by atoms with Gasteiger partial charge in [-0.2, -0.15) is 5.26 Å². The van der Waals surface area contributed by atoms with Crippen molar-refractivity contribution >= 4 is 11.9 Å². The maximum atomic E-state index is 12.1. The van der Waals surface area contributed by atoms with Crippen LogP contribution >= 0.6 is 0 Å². The van der Waals surface area contributed by atoms with Gasteiger partial charge in [0.25, 0.3) is 5.91 Å². The van der Waals surface area contributed by atoms with Crippen LogP contribution < -0.4 is 10.1 Å². The summed E-state index contributed by atoms with van der Waals surface area (Å²) < 4.78 is 5.36. The smallest absolute Gasteiger partial charge is 0.305 e. The Morgan fingerprint density at radius 1 is 1.16 bits per heavy atom. The Labute approximate surface area is 145 Å². The van der Waals surface area contributed by atoms with E-state index in [-0.39, 0.29) is 13.0 Å². The Bertz CT molecular complexity index is 777. The SMILES string of the molecule is Cc1ccc([C@@H](CC(=O)O)NC(=O)COc2ccc(C#N)cc2)cc1. The van der Waals surface area contributed by atoms with Gasteiger partial charge in [-0.1, -0.05) is 29.8 Å². The minimum Gasteiger partial charge on any atom is -0.484 e. The second-order valence-electron chi connectivity index (χ2n) is 5.55. The number of benzene rings is 2. The molecule has 0 aliphatic heterocycles. The normalized spacial score (nSPS) is 11.2. The first kappa shape index (κ1) is 18.0. The summed E-state index contributed by atoms with van der Waals surface area (Å²) in [4.78, 5) is 23.2. The summed E-state index contributed by atoms with van der Waals surface area (Å²) in [6.45, 7) is 1.69. The molecule has 2 rings (SSSR count). The molecular weight excluding hydrogens is 320 g/mol. The molecule has 1 amide bonds. The maximum Gasteiger partial charge on any atom is 0.305 e. The second kappa shape index (κ2) is 8.50. The van der Waals surface area contributed by atoms with Gasteiger partial charge in [0.15, 0.2) is 6.61 Å². The van der Waals surface area contributed by atoms with E-state index in [0.29, 0.717) is 11.3 Å². The number of amides is 1. The van der Waals surface area contributed by atoms with Gasteiger partial charge in [0.1, 0.15) is 5.75 Å². The summed E-state index contributed by atoms with van der Waals surface area (Å²) in [5.41, 5.74) is 2.27. The van der Waals surface area contributed by atoms with Gasteiger partial charge < -0.3 is 15.2 Å². The topological polar surface area (TPSA) is 99.4 Å². The average molecular weight is 338 g/mol. The van der Waals surface area contributed by atoms with Gasteiger partial charge in [-0.3, -0.25) is 9.59 Å². The zero-order chi connectivity index (χ0) is 18.2. The Morgan fingerprint density at radius 3 is 2.36 bits per heavy atom. The molecule has 0 heterocycles. The highest BCUT2D eigenvalue weighted by molar-refractivity contribution is 5.79. The van der Waals surface area contributed by atoms with Gasteiger partial charge in [0, 0.05) is 0 Å². The molecule has 0 spiro atoms. The fourth-order valence-electron chi connectivity index (χ4n) is 2.24. The summed E-state index contributed by atoms with van der Waals surface area (Å²) in [6, 6.07) is 15.1. The lowest BCUT2D eigenvalue weighted by Crippen LogP contribution is -2.33. The van der Waals surface area contributed by atoms with Crippen molar-refractivity contribution in [2.75, 3.05) is 6.61 Å². The van der Waals surface area contributed by atoms with Gasteiger partial charge in [-0.05, 0) is 36.8 Å². The van der Waals surface area contributed by atoms with Crippen molar-refractivity contribution < 1.29 is 19.4 Å². The fraction of sp³-hybridized carbons (Fsp3) is 0.211. The number of nitrogens with zero attached hydrogens (tertiary/aromatic N) is 1. The molecule has 0 fully saturated rings. The first-order chi connectivity index (χ1) is 12.0. The van der Waals surface area contributed by atoms with Crippen molar-refractivity contribution in [3.63, 3.8) is 0 Å². The molecule has 0 bridgehead atoms. The van der Waals surface area contributed by atoms with Crippen LogP contribution in [0.3, 0.4) is 0 Å². The van der Waals surface area contributed by atoms with E-state index in [1.807, 2.05) is 25.1 Å². The number of ether oxygens (including phenoxy) is 1. The van der Waals surface area contributed by atoms with Crippen LogP contribution in [0.25, 0.3) is 0 Å². The second-order valence-corrected chi connectivity index (χ2v) is 5.55. The van der Waals surface area contributed by atoms with E-state index in [1.54, 1.807) is 36.4 Å². The summed E-state index contributed by atoms with van der Waals surface area (Å²) in [7, 11) is 0. The van der Waals surface area contributed by atoms with E-state index in [4.69, 9.17) is 15.1 Å². The van der Waals surface area contributed by atoms with Crippen molar-refractivity contribution in [3.05, 3.63) is 65.2 Å². The minimum atomic E-state index is -1.00. The molecule has 128 valence electrons. The van der Waals surface area contributed by atoms with E-state index in [9.17, 15) is 9.59 Å². The Hall–Kier alpha value is -3.33. The molecule has 2 N–H and O–H groups in total. The lowest BCUT2D eigenvalue weighted by molar-refractivity contribution is -0.137. The minimum absolute atomic E-state index is 0.217. The molecule has 0 unspecified atom stereocenters. The number of carboxylic acid groups (broad SMARTS) is 1. The summed E-state index contributed by atoms with van der Waals surface area (Å²) >= 11 is 0. The molecule has 1 atom stereocenters. The zero-order valence-electron chi connectivity index (χ0n) is 13.7. The summed E-state index contributed by atoms with van der Waals surface area (Å²) in [5.74, 6) is -0.964. The van der Waals surface area contributed by atoms with Crippen molar-refractivity contribution in [2.45, 2.75) is 19.4 Å². The molecule has 2 aromatic rings. The Morgan fingerprint density at radius 2 is 1.80 bits per heavy atom. The van der Waals surface area contributed by atoms with Gasteiger partial charge >= 0.3 is 5.97 Å². The van der Waals surface area contributed by atoms with E-state index in [1.165, 1.54) is 0 Å². The first-order valence-electron chi connectivity index (χ1n) is 7.68. The third kappa shape index (κ3) is 5.66. The number of nitriles is 1. The molecule has 0 aliphatic carbocycles. The molecule has 2 aromatic carbocycles. The number of rotatable bonds is 7. The van der Waals surface area contributed by atoms with Crippen LogP contribution in [-0.2, 0) is 9.59 Å². The number of aryl methyl sites for hydroxylation is 1. The van der Waals surface area contributed by atoms with Crippen LogP contribution in [0, 0.1) is 18.3 Å². The summed E-state index contributed by atoms with van der Waals surface area (Å²) in [5, 5.41) is 20.5. The molecular formula is C19H18N2O4. The highest BCUT2D eigenvalue weighted by Gasteiger charge is 2.18. The number of carbonyl (C=O) groups is 2. The molecule has 6 nitrogen and oxygen atoms in total. The van der Waals surface area contributed by atoms with Crippen LogP contribution in [0.1, 0.15) is 29.2 Å². The number of carboxylic acids is 1. The van der Waals surface area contributed by atoms with Crippen LogP contribution in [-0.4, -0.2) is 23.6 Å². The van der Waals surface area contributed by atoms with E-state index in [0.717, 1.165) is 11.1 Å². The van der Waals surface area contributed by atoms with Crippen LogP contribution in [0.15, 0.2) is 48.5 Å². The van der Waals surface area contributed by atoms with Crippen molar-refractivity contribution in [1.29, 1.82) is 5.26 Å². The number of aliphatic carboxylic acids is 1. The molecule has 0 radical (unpaired) electrons.